The summed E-state index contributed by atoms with van der Waals surface area (Å²) in [5.41, 5.74) is 3.21. The summed E-state index contributed by atoms with van der Waals surface area (Å²) in [7, 11) is 1.90. The predicted molar refractivity (Wildman–Crippen MR) is 129 cm³/mol. The number of benzene rings is 1. The summed E-state index contributed by atoms with van der Waals surface area (Å²) in [5.74, 6) is 0.439. The Hall–Kier alpha value is -3.47. The maximum absolute atomic E-state index is 12.4. The van der Waals surface area contributed by atoms with Crippen LogP contribution in [0.25, 0.3) is 17.2 Å². The molecule has 0 spiro atoms. The maximum atomic E-state index is 12.4. The van der Waals surface area contributed by atoms with Gasteiger partial charge >= 0.3 is 0 Å². The zero-order valence-electron chi connectivity index (χ0n) is 18.3. The third-order valence-corrected chi connectivity index (χ3v) is 6.68. The first-order valence-electron chi connectivity index (χ1n) is 10.6. The summed E-state index contributed by atoms with van der Waals surface area (Å²) >= 11 is 7.17. The topological polar surface area (TPSA) is 94.3 Å². The molecule has 2 amide bonds. The Bertz CT molecular complexity index is 1340. The minimum absolute atomic E-state index is 0.0535. The van der Waals surface area contributed by atoms with E-state index in [0.717, 1.165) is 17.1 Å². The number of nitrogens with one attached hydrogen (secondary N) is 1. The Morgan fingerprint density at radius 1 is 1.21 bits per heavy atom. The number of carbonyl (C=O) groups is 2. The Balaban J connectivity index is 1.42. The van der Waals surface area contributed by atoms with E-state index in [1.165, 1.54) is 11.3 Å². The first-order chi connectivity index (χ1) is 16.5. The van der Waals surface area contributed by atoms with Crippen LogP contribution in [0, 0.1) is 0 Å². The third-order valence-electron chi connectivity index (χ3n) is 5.45. The quantitative estimate of drug-likeness (QED) is 0.442. The lowest BCUT2D eigenvalue weighted by Gasteiger charge is -2.27. The molecule has 3 aromatic heterocycles. The average molecular weight is 497 g/mol. The van der Waals surface area contributed by atoms with Crippen molar-refractivity contribution >= 4 is 40.4 Å². The lowest BCUT2D eigenvalue weighted by atomic mass is 10.2. The molecule has 0 saturated carbocycles. The first-order valence-corrected chi connectivity index (χ1v) is 11.8. The van der Waals surface area contributed by atoms with E-state index in [4.69, 9.17) is 21.3 Å². The number of rotatable bonds is 6. The predicted octanol–water partition coefficient (Wildman–Crippen LogP) is 3.28. The molecule has 1 aliphatic rings. The molecular formula is C23H21ClN6O3S. The van der Waals surface area contributed by atoms with Gasteiger partial charge < -0.3 is 19.5 Å². The summed E-state index contributed by atoms with van der Waals surface area (Å²) < 4.78 is 9.62. The van der Waals surface area contributed by atoms with Crippen LogP contribution in [-0.2, 0) is 23.1 Å². The molecule has 34 heavy (non-hydrogen) atoms. The fourth-order valence-corrected chi connectivity index (χ4v) is 4.70. The molecule has 4 heterocycles. The highest BCUT2D eigenvalue weighted by Crippen LogP contribution is 2.26. The van der Waals surface area contributed by atoms with Crippen LogP contribution in [-0.4, -0.2) is 50.7 Å². The molecule has 0 unspecified atom stereocenters. The highest BCUT2D eigenvalue weighted by Gasteiger charge is 2.21. The van der Waals surface area contributed by atoms with Gasteiger partial charge in [0, 0.05) is 31.2 Å². The van der Waals surface area contributed by atoms with Crippen LogP contribution >= 0.6 is 22.9 Å². The number of imidazole rings is 2. The Morgan fingerprint density at radius 3 is 2.68 bits per heavy atom. The fourth-order valence-electron chi connectivity index (χ4n) is 3.74. The van der Waals surface area contributed by atoms with Crippen molar-refractivity contribution in [2.24, 2.45) is 7.05 Å². The molecule has 11 heteroatoms. The maximum Gasteiger partial charge on any atom is 0.261 e. The molecule has 1 aliphatic heterocycles. The lowest BCUT2D eigenvalue weighted by Crippen LogP contribution is -2.41. The average Bonchev–Trinajstić information content (AvgIpc) is 3.57. The zero-order valence-corrected chi connectivity index (χ0v) is 19.8. The van der Waals surface area contributed by atoms with Crippen LogP contribution < -0.4 is 10.2 Å². The highest BCUT2D eigenvalue weighted by atomic mass is 35.5. The number of morpholine rings is 1. The summed E-state index contributed by atoms with van der Waals surface area (Å²) in [6.07, 6.45) is 5.35. The van der Waals surface area contributed by atoms with Crippen LogP contribution in [0.1, 0.15) is 15.4 Å². The van der Waals surface area contributed by atoms with E-state index in [9.17, 15) is 9.59 Å². The van der Waals surface area contributed by atoms with Crippen LogP contribution in [0.2, 0.25) is 4.34 Å². The Morgan fingerprint density at radius 2 is 2.00 bits per heavy atom. The normalized spacial score (nSPS) is 13.9. The van der Waals surface area contributed by atoms with Crippen molar-refractivity contribution in [3.05, 3.63) is 70.0 Å². The molecule has 1 saturated heterocycles. The molecule has 0 atom stereocenters. The number of hydrogen-bond acceptors (Lipinski definition) is 6. The number of anilines is 1. The van der Waals surface area contributed by atoms with Crippen LogP contribution in [0.4, 0.5) is 5.69 Å². The number of carbonyl (C=O) groups excluding carboxylic acids is 2. The zero-order chi connectivity index (χ0) is 23.7. The largest absolute Gasteiger partial charge is 0.370 e. The second kappa shape index (κ2) is 9.41. The van der Waals surface area contributed by atoms with Gasteiger partial charge in [0.15, 0.2) is 5.82 Å². The van der Waals surface area contributed by atoms with Crippen LogP contribution in [0.3, 0.4) is 0 Å². The molecular weight excluding hydrogens is 476 g/mol. The number of amides is 2. The number of aromatic nitrogens is 4. The standard InChI is InChI=1S/C23H21ClN6O3S/c1-28-14-25-11-18(28)22-27-15(10-26-23(32)19-6-7-20(24)34-19)12-30(22)17-4-2-16(3-5-17)29-8-9-33-13-21(29)31/h2-7,11-12,14H,8-10,13H2,1H3,(H,26,32). The Labute approximate surface area is 204 Å². The molecule has 1 aromatic carbocycles. The molecule has 4 aromatic rings. The molecule has 9 nitrogen and oxygen atoms in total. The van der Waals surface area contributed by atoms with E-state index >= 15 is 0 Å². The lowest BCUT2D eigenvalue weighted by molar-refractivity contribution is -0.125. The second-order valence-corrected chi connectivity index (χ2v) is 9.43. The smallest absolute Gasteiger partial charge is 0.261 e. The molecule has 1 fully saturated rings. The molecule has 0 aliphatic carbocycles. The van der Waals surface area contributed by atoms with Gasteiger partial charge in [-0.15, -0.1) is 11.3 Å². The summed E-state index contributed by atoms with van der Waals surface area (Å²) in [5, 5.41) is 2.90. The van der Waals surface area contributed by atoms with Gasteiger partial charge in [-0.3, -0.25) is 14.2 Å². The molecule has 5 rings (SSSR count). The van der Waals surface area contributed by atoms with Gasteiger partial charge in [-0.2, -0.15) is 0 Å². The number of aryl methyl sites for hydroxylation is 1. The minimum atomic E-state index is -0.201. The number of thiophene rings is 1. The number of nitrogens with zero attached hydrogens (tertiary/aromatic N) is 5. The van der Waals surface area contributed by atoms with Crippen LogP contribution in [0.15, 0.2) is 55.1 Å². The van der Waals surface area contributed by atoms with Gasteiger partial charge in [0.05, 0.1) is 40.6 Å². The van der Waals surface area contributed by atoms with Crippen molar-refractivity contribution in [2.75, 3.05) is 24.7 Å². The minimum Gasteiger partial charge on any atom is -0.370 e. The Kier molecular flexibility index (Phi) is 6.18. The van der Waals surface area contributed by atoms with E-state index in [0.29, 0.717) is 33.9 Å². The summed E-state index contributed by atoms with van der Waals surface area (Å²) in [6, 6.07) is 11.1. The number of halogens is 1. The van der Waals surface area contributed by atoms with Gasteiger partial charge in [0.2, 0.25) is 0 Å². The molecule has 1 N–H and O–H groups in total. The van der Waals surface area contributed by atoms with Crippen molar-refractivity contribution in [3.8, 4) is 17.2 Å². The van der Waals surface area contributed by atoms with Crippen molar-refractivity contribution in [2.45, 2.75) is 6.54 Å². The SMILES string of the molecule is Cn1cncc1-c1nc(CNC(=O)c2ccc(Cl)s2)cn1-c1ccc(N2CCOCC2=O)cc1. The van der Waals surface area contributed by atoms with Crippen LogP contribution in [0.5, 0.6) is 0 Å². The van der Waals surface area contributed by atoms with E-state index < -0.39 is 0 Å². The van der Waals surface area contributed by atoms with Gasteiger partial charge in [0.25, 0.3) is 11.8 Å². The van der Waals surface area contributed by atoms with E-state index in [1.54, 1.807) is 29.6 Å². The van der Waals surface area contributed by atoms with Gasteiger partial charge in [-0.05, 0) is 36.4 Å². The van der Waals surface area contributed by atoms with Crippen molar-refractivity contribution in [3.63, 3.8) is 0 Å². The highest BCUT2D eigenvalue weighted by molar-refractivity contribution is 7.17. The van der Waals surface area contributed by atoms with Crippen molar-refractivity contribution < 1.29 is 14.3 Å². The second-order valence-electron chi connectivity index (χ2n) is 7.72. The van der Waals surface area contributed by atoms with E-state index in [-0.39, 0.29) is 25.0 Å². The van der Waals surface area contributed by atoms with Gasteiger partial charge in [0.1, 0.15) is 12.3 Å². The fraction of sp³-hybridized carbons (Fsp3) is 0.217. The summed E-state index contributed by atoms with van der Waals surface area (Å²) in [4.78, 5) is 35.9. The van der Waals surface area contributed by atoms with Crippen molar-refractivity contribution in [1.29, 1.82) is 0 Å². The number of hydrogen-bond donors (Lipinski definition) is 1. The monoisotopic (exact) mass is 496 g/mol. The van der Waals surface area contributed by atoms with Gasteiger partial charge in [-0.25, -0.2) is 9.97 Å². The number of ether oxygens (including phenoxy) is 1. The molecule has 174 valence electrons. The summed E-state index contributed by atoms with van der Waals surface area (Å²) in [6.45, 7) is 1.41. The third kappa shape index (κ3) is 4.47. The van der Waals surface area contributed by atoms with E-state index in [1.807, 2.05) is 46.6 Å². The first kappa shape index (κ1) is 22.3. The van der Waals surface area contributed by atoms with Gasteiger partial charge in [-0.1, -0.05) is 11.6 Å². The van der Waals surface area contributed by atoms with E-state index in [2.05, 4.69) is 10.3 Å². The molecule has 0 radical (unpaired) electrons. The van der Waals surface area contributed by atoms with Crippen molar-refractivity contribution in [1.82, 2.24) is 24.4 Å². The molecule has 0 bridgehead atoms.